The number of pyridine rings is 1. The minimum atomic E-state index is -4.55. The van der Waals surface area contributed by atoms with Crippen LogP contribution in [0.2, 0.25) is 0 Å². The van der Waals surface area contributed by atoms with E-state index in [1.807, 2.05) is 16.9 Å². The summed E-state index contributed by atoms with van der Waals surface area (Å²) in [5.41, 5.74) is 0.309. The van der Waals surface area contributed by atoms with Crippen molar-refractivity contribution in [1.82, 2.24) is 34.5 Å². The molecular weight excluding hydrogens is 473 g/mol. The topological polar surface area (TPSA) is 118 Å². The van der Waals surface area contributed by atoms with Crippen molar-refractivity contribution >= 4 is 11.0 Å². The molecule has 0 unspecified atom stereocenters. The molecule has 4 aromatic rings. The number of fused-ring (bicyclic) bond motifs is 1. The van der Waals surface area contributed by atoms with E-state index in [9.17, 15) is 23.2 Å². The summed E-state index contributed by atoms with van der Waals surface area (Å²) < 4.78 is 42.1. The monoisotopic (exact) mass is 494 g/mol. The maximum atomic E-state index is 13.0. The molecule has 2 fully saturated rings. The summed E-state index contributed by atoms with van der Waals surface area (Å²) in [5.74, 6) is 1.01. The van der Waals surface area contributed by atoms with Crippen LogP contribution in [0.5, 0.6) is 0 Å². The van der Waals surface area contributed by atoms with Gasteiger partial charge in [-0.3, -0.25) is 14.5 Å². The van der Waals surface area contributed by atoms with Crippen LogP contribution < -0.4 is 5.56 Å². The number of H-pyrrole nitrogens is 1. The number of aromatic nitrogens is 7. The molecule has 1 N–H and O–H groups in total. The van der Waals surface area contributed by atoms with E-state index in [4.69, 9.17) is 4.98 Å². The summed E-state index contributed by atoms with van der Waals surface area (Å²) in [6.07, 6.45) is 4.63. The lowest BCUT2D eigenvalue weighted by Gasteiger charge is -2.35. The summed E-state index contributed by atoms with van der Waals surface area (Å²) in [6, 6.07) is 3.58. The molecule has 3 atom stereocenters. The second-order valence-electron chi connectivity index (χ2n) is 9.48. The van der Waals surface area contributed by atoms with Crippen molar-refractivity contribution in [3.8, 4) is 6.07 Å². The third kappa shape index (κ3) is 3.66. The minimum Gasteiger partial charge on any atom is -0.309 e. The number of halogens is 3. The van der Waals surface area contributed by atoms with E-state index in [-0.39, 0.29) is 28.7 Å². The van der Waals surface area contributed by atoms with Crippen LogP contribution in [0.1, 0.15) is 84.9 Å². The first-order valence-electron chi connectivity index (χ1n) is 11.7. The zero-order valence-electron chi connectivity index (χ0n) is 19.2. The molecule has 0 spiro atoms. The molecule has 9 nitrogen and oxygen atoms in total. The first-order chi connectivity index (χ1) is 17.2. The van der Waals surface area contributed by atoms with Gasteiger partial charge in [-0.15, -0.1) is 0 Å². The maximum Gasteiger partial charge on any atom is 0.433 e. The fraction of sp³-hybridized carbons (Fsp3) is 0.417. The number of nitriles is 1. The van der Waals surface area contributed by atoms with Gasteiger partial charge in [0.15, 0.2) is 11.3 Å². The van der Waals surface area contributed by atoms with Gasteiger partial charge in [0, 0.05) is 18.3 Å². The fourth-order valence-electron chi connectivity index (χ4n) is 4.83. The van der Waals surface area contributed by atoms with E-state index in [0.29, 0.717) is 17.3 Å². The van der Waals surface area contributed by atoms with Gasteiger partial charge in [0.05, 0.1) is 18.3 Å². The van der Waals surface area contributed by atoms with Crippen molar-refractivity contribution in [1.29, 1.82) is 5.26 Å². The molecule has 0 amide bonds. The van der Waals surface area contributed by atoms with E-state index in [2.05, 4.69) is 26.4 Å². The molecule has 12 heteroatoms. The van der Waals surface area contributed by atoms with Crippen LogP contribution in [0.25, 0.3) is 11.0 Å². The van der Waals surface area contributed by atoms with E-state index >= 15 is 0 Å². The number of nitrogens with zero attached hydrogens (tertiary/aromatic N) is 7. The van der Waals surface area contributed by atoms with Crippen LogP contribution >= 0.6 is 0 Å². The Bertz CT molecular complexity index is 1560. The normalized spacial score (nSPS) is 20.8. The number of hydrogen-bond acceptors (Lipinski definition) is 6. The van der Waals surface area contributed by atoms with Crippen molar-refractivity contribution in [2.45, 2.75) is 62.7 Å². The number of hydrogen-bond donors (Lipinski definition) is 1. The number of alkyl halides is 3. The van der Waals surface area contributed by atoms with E-state index in [0.717, 1.165) is 25.1 Å². The van der Waals surface area contributed by atoms with Crippen LogP contribution in [0.4, 0.5) is 13.2 Å². The van der Waals surface area contributed by atoms with Gasteiger partial charge in [0.1, 0.15) is 23.0 Å². The van der Waals surface area contributed by atoms with E-state index < -0.39 is 23.5 Å². The Morgan fingerprint density at radius 1 is 1.19 bits per heavy atom. The Kier molecular flexibility index (Phi) is 5.00. The molecule has 0 saturated heterocycles. The van der Waals surface area contributed by atoms with Crippen molar-refractivity contribution in [3.05, 3.63) is 69.4 Å². The molecule has 4 aromatic heterocycles. The van der Waals surface area contributed by atoms with Gasteiger partial charge in [0.25, 0.3) is 5.56 Å². The molecule has 2 saturated carbocycles. The zero-order valence-corrected chi connectivity index (χ0v) is 19.2. The van der Waals surface area contributed by atoms with Gasteiger partial charge < -0.3 is 4.98 Å². The molecular formula is C24H21F3N8O. The smallest absolute Gasteiger partial charge is 0.309 e. The van der Waals surface area contributed by atoms with Gasteiger partial charge in [-0.2, -0.15) is 28.6 Å². The number of nitrogens with one attached hydrogen (secondary N) is 1. The standard InChI is InChI=1S/C24H21F3N8O/c1-12(14-4-7-19(29-9-14)24(25,26)27)35-22-20(17(8-28)33-35)23(36)32-21(31-22)16-5-6-18(16)34-11-15(10-30-34)13-2-3-13/h4,7,9-13,16,18H,2-3,5-6H2,1H3,(H,31,32,36)/t12-,16-,18-/m0/s1. The predicted octanol–water partition coefficient (Wildman–Crippen LogP) is 4.21. The van der Waals surface area contributed by atoms with Crippen LogP contribution in [-0.4, -0.2) is 34.5 Å². The molecule has 4 heterocycles. The van der Waals surface area contributed by atoms with Gasteiger partial charge in [-0.25, -0.2) is 9.67 Å². The third-order valence-corrected chi connectivity index (χ3v) is 7.21. The molecule has 0 bridgehead atoms. The summed E-state index contributed by atoms with van der Waals surface area (Å²) in [6.45, 7) is 1.70. The van der Waals surface area contributed by atoms with E-state index in [1.165, 1.54) is 29.2 Å². The lowest BCUT2D eigenvalue weighted by molar-refractivity contribution is -0.141. The molecule has 0 aliphatic heterocycles. The van der Waals surface area contributed by atoms with Crippen molar-refractivity contribution in [2.24, 2.45) is 0 Å². The minimum absolute atomic E-state index is 0.0546. The van der Waals surface area contributed by atoms with Crippen LogP contribution in [-0.2, 0) is 6.18 Å². The van der Waals surface area contributed by atoms with E-state index in [1.54, 1.807) is 6.92 Å². The van der Waals surface area contributed by atoms with Crippen molar-refractivity contribution in [2.75, 3.05) is 0 Å². The van der Waals surface area contributed by atoms with Crippen LogP contribution in [0.15, 0.2) is 35.5 Å². The van der Waals surface area contributed by atoms with Gasteiger partial charge in [0.2, 0.25) is 0 Å². The Morgan fingerprint density at radius 3 is 2.61 bits per heavy atom. The largest absolute Gasteiger partial charge is 0.433 e. The summed E-state index contributed by atoms with van der Waals surface area (Å²) in [7, 11) is 0. The highest BCUT2D eigenvalue weighted by molar-refractivity contribution is 5.80. The highest BCUT2D eigenvalue weighted by atomic mass is 19.4. The first kappa shape index (κ1) is 22.5. The predicted molar refractivity (Wildman–Crippen MR) is 121 cm³/mol. The Hall–Kier alpha value is -4.01. The quantitative estimate of drug-likeness (QED) is 0.444. The summed E-state index contributed by atoms with van der Waals surface area (Å²) in [5, 5.41) is 18.4. The zero-order chi connectivity index (χ0) is 25.2. The summed E-state index contributed by atoms with van der Waals surface area (Å²) in [4.78, 5) is 24.1. The summed E-state index contributed by atoms with van der Waals surface area (Å²) >= 11 is 0. The van der Waals surface area contributed by atoms with Gasteiger partial charge in [-0.05, 0) is 55.7 Å². The number of rotatable bonds is 5. The Labute approximate surface area is 202 Å². The van der Waals surface area contributed by atoms with Crippen LogP contribution in [0, 0.1) is 11.3 Å². The Balaban J connectivity index is 1.38. The second-order valence-corrected chi connectivity index (χ2v) is 9.48. The lowest BCUT2D eigenvalue weighted by atomic mass is 9.79. The molecule has 0 aromatic carbocycles. The second kappa shape index (κ2) is 8.01. The maximum absolute atomic E-state index is 13.0. The molecule has 2 aliphatic carbocycles. The molecule has 2 aliphatic rings. The first-order valence-corrected chi connectivity index (χ1v) is 11.7. The SMILES string of the molecule is C[C@@H](c1ccc(C(F)(F)F)nc1)n1nc(C#N)c2c(=O)[nH]c([C@H]3CC[C@@H]3n3cc(C4CC4)cn3)nc21. The Morgan fingerprint density at radius 2 is 2.00 bits per heavy atom. The average molecular weight is 494 g/mol. The third-order valence-electron chi connectivity index (χ3n) is 7.21. The molecule has 36 heavy (non-hydrogen) atoms. The average Bonchev–Trinajstić information content (AvgIpc) is 3.45. The highest BCUT2D eigenvalue weighted by Gasteiger charge is 2.38. The van der Waals surface area contributed by atoms with Gasteiger partial charge >= 0.3 is 6.18 Å². The highest BCUT2D eigenvalue weighted by Crippen LogP contribution is 2.46. The molecule has 6 rings (SSSR count). The fourth-order valence-corrected chi connectivity index (χ4v) is 4.83. The van der Waals surface area contributed by atoms with Crippen molar-refractivity contribution < 1.29 is 13.2 Å². The molecule has 184 valence electrons. The lowest BCUT2D eigenvalue weighted by Crippen LogP contribution is -2.30. The molecule has 0 radical (unpaired) electrons. The number of aromatic amines is 1. The van der Waals surface area contributed by atoms with Gasteiger partial charge in [-0.1, -0.05) is 6.07 Å². The van der Waals surface area contributed by atoms with Crippen LogP contribution in [0.3, 0.4) is 0 Å². The van der Waals surface area contributed by atoms with Crippen molar-refractivity contribution in [3.63, 3.8) is 0 Å².